The van der Waals surface area contributed by atoms with Crippen molar-refractivity contribution in [3.8, 4) is 0 Å². The van der Waals surface area contributed by atoms with Crippen molar-refractivity contribution in [2.75, 3.05) is 26.2 Å². The highest BCUT2D eigenvalue weighted by molar-refractivity contribution is 5.86. The number of aliphatic hydroxyl groups excluding tert-OH is 6. The van der Waals surface area contributed by atoms with E-state index >= 15 is 0 Å². The van der Waals surface area contributed by atoms with Crippen LogP contribution in [0.25, 0.3) is 0 Å². The molecule has 15 unspecified atom stereocenters. The van der Waals surface area contributed by atoms with Crippen LogP contribution in [-0.2, 0) is 19.0 Å². The Morgan fingerprint density at radius 2 is 1.59 bits per heavy atom. The van der Waals surface area contributed by atoms with Gasteiger partial charge in [-0.1, -0.05) is 0 Å². The number of nitrogens with two attached hydrogens (primary N) is 5. The molecule has 2 saturated carbocycles. The van der Waals surface area contributed by atoms with Crippen molar-refractivity contribution >= 4 is 5.91 Å². The molecule has 0 aromatic rings. The molecule has 2 aliphatic carbocycles. The number of hydrogen-bond acceptors (Lipinski definition) is 17. The average Bonchev–Trinajstić information content (AvgIpc) is 2.96. The number of carbonyl (C=O) groups excluding carboxylic acids is 1. The summed E-state index contributed by atoms with van der Waals surface area (Å²) in [5, 5.41) is 80.4. The third-order valence-electron chi connectivity index (χ3n) is 9.43. The van der Waals surface area contributed by atoms with Crippen molar-refractivity contribution < 1.29 is 54.8 Å². The molecule has 18 heteroatoms. The molecule has 44 heavy (non-hydrogen) atoms. The number of carbonyl (C=O) groups is 1. The number of amides is 1. The first-order valence-electron chi connectivity index (χ1n) is 15.2. The number of ether oxygens (including phenoxy) is 3. The molecular formula is C26H51N7O11. The molecule has 0 spiro atoms. The maximum absolute atomic E-state index is 13.1. The molecule has 2 saturated heterocycles. The lowest BCUT2D eigenvalue weighted by Gasteiger charge is -2.52. The Kier molecular flexibility index (Phi) is 11.9. The van der Waals surface area contributed by atoms with Crippen LogP contribution < -0.4 is 39.3 Å². The third-order valence-corrected chi connectivity index (χ3v) is 9.43. The van der Waals surface area contributed by atoms with Gasteiger partial charge in [-0.3, -0.25) is 4.79 Å². The zero-order valence-electron chi connectivity index (χ0n) is 24.5. The Bertz CT molecular complexity index is 950. The Morgan fingerprint density at radius 1 is 0.909 bits per heavy atom. The van der Waals surface area contributed by atoms with Crippen molar-refractivity contribution in [1.29, 1.82) is 0 Å². The largest absolute Gasteiger partial charge is 0.394 e. The number of rotatable bonds is 11. The van der Waals surface area contributed by atoms with Crippen LogP contribution in [0.5, 0.6) is 0 Å². The Hall–Kier alpha value is -1.17. The van der Waals surface area contributed by atoms with Gasteiger partial charge in [0.05, 0.1) is 43.0 Å². The molecule has 0 aromatic heterocycles. The van der Waals surface area contributed by atoms with Crippen molar-refractivity contribution in [2.45, 2.75) is 123 Å². The van der Waals surface area contributed by atoms with Crippen LogP contribution in [0.1, 0.15) is 25.7 Å². The number of hydrogen-bond donors (Lipinski definition) is 14. The molecule has 19 N–H and O–H groups in total. The van der Waals surface area contributed by atoms with E-state index in [1.807, 2.05) is 0 Å². The number of aliphatic hydroxyl groups is 7. The second-order valence-corrected chi connectivity index (χ2v) is 12.7. The minimum Gasteiger partial charge on any atom is -0.394 e. The van der Waals surface area contributed by atoms with Gasteiger partial charge < -0.3 is 89.3 Å². The SMILES string of the molecule is NCCCNCC1OC(C2C(N)CC(NC(=O)C3(O)CC(N)C3)C(OC3OC(CO)C(O)C(N)C3O)C2O)C(N)C(O)C1O. The fourth-order valence-electron chi connectivity index (χ4n) is 6.73. The first kappa shape index (κ1) is 35.7. The molecule has 4 aliphatic rings. The molecule has 256 valence electrons. The standard InChI is InChI=1S/C26H51N7O11/c27-2-1-3-32-7-12-18(36)20(38)16(31)23(42-12)14-10(29)4-11(33-25(40)26(41)5-9(28)6-26)22(19(14)37)44-24-21(39)15(30)17(35)13(8-34)43-24/h9-24,32,34-39,41H,1-8,27-31H2,(H,33,40). The smallest absolute Gasteiger partial charge is 0.252 e. The van der Waals surface area contributed by atoms with Crippen molar-refractivity contribution in [3.63, 3.8) is 0 Å². The van der Waals surface area contributed by atoms with E-state index in [4.69, 9.17) is 42.9 Å². The van der Waals surface area contributed by atoms with Gasteiger partial charge in [0.1, 0.15) is 42.2 Å². The lowest BCUT2D eigenvalue weighted by molar-refractivity contribution is -0.307. The van der Waals surface area contributed by atoms with Crippen LogP contribution in [0.4, 0.5) is 0 Å². The second kappa shape index (κ2) is 14.7. The van der Waals surface area contributed by atoms with Crippen LogP contribution in [0.2, 0.25) is 0 Å². The van der Waals surface area contributed by atoms with E-state index in [2.05, 4.69) is 10.6 Å². The van der Waals surface area contributed by atoms with Crippen LogP contribution >= 0.6 is 0 Å². The van der Waals surface area contributed by atoms with Gasteiger partial charge in [-0.25, -0.2) is 0 Å². The summed E-state index contributed by atoms with van der Waals surface area (Å²) in [6, 6.07) is -4.77. The third kappa shape index (κ3) is 7.20. The Morgan fingerprint density at radius 3 is 2.20 bits per heavy atom. The maximum Gasteiger partial charge on any atom is 0.252 e. The maximum atomic E-state index is 13.1. The summed E-state index contributed by atoms with van der Waals surface area (Å²) in [4.78, 5) is 13.1. The minimum atomic E-state index is -1.73. The molecule has 0 bridgehead atoms. The topological polar surface area (TPSA) is 341 Å². The minimum absolute atomic E-state index is 0.0232. The molecule has 0 radical (unpaired) electrons. The van der Waals surface area contributed by atoms with E-state index in [0.29, 0.717) is 19.5 Å². The van der Waals surface area contributed by atoms with E-state index in [0.717, 1.165) is 0 Å². The fraction of sp³-hybridized carbons (Fsp3) is 0.962. The Labute approximate surface area is 255 Å². The molecule has 2 aliphatic heterocycles. The predicted molar refractivity (Wildman–Crippen MR) is 152 cm³/mol. The predicted octanol–water partition coefficient (Wildman–Crippen LogP) is -8.06. The first-order chi connectivity index (χ1) is 20.7. The zero-order chi connectivity index (χ0) is 32.5. The molecule has 4 rings (SSSR count). The quantitative estimate of drug-likeness (QED) is 0.0935. The van der Waals surface area contributed by atoms with Crippen LogP contribution in [0.3, 0.4) is 0 Å². The van der Waals surface area contributed by atoms with E-state index < -0.39 is 109 Å². The van der Waals surface area contributed by atoms with Crippen molar-refractivity contribution in [3.05, 3.63) is 0 Å². The summed E-state index contributed by atoms with van der Waals surface area (Å²) in [7, 11) is 0. The molecule has 18 nitrogen and oxygen atoms in total. The van der Waals surface area contributed by atoms with Gasteiger partial charge in [0.2, 0.25) is 0 Å². The highest BCUT2D eigenvalue weighted by Crippen LogP contribution is 2.38. The summed E-state index contributed by atoms with van der Waals surface area (Å²) in [6.07, 6.45) is -12.9. The first-order valence-corrected chi connectivity index (χ1v) is 15.2. The van der Waals surface area contributed by atoms with Crippen LogP contribution in [0.15, 0.2) is 0 Å². The van der Waals surface area contributed by atoms with Crippen LogP contribution in [-0.4, -0.2) is 165 Å². The van der Waals surface area contributed by atoms with Gasteiger partial charge in [0, 0.05) is 37.4 Å². The zero-order valence-corrected chi connectivity index (χ0v) is 24.5. The summed E-state index contributed by atoms with van der Waals surface area (Å²) < 4.78 is 17.8. The van der Waals surface area contributed by atoms with Crippen molar-refractivity contribution in [1.82, 2.24) is 10.6 Å². The average molecular weight is 638 g/mol. The van der Waals surface area contributed by atoms with Gasteiger partial charge in [-0.15, -0.1) is 0 Å². The molecule has 2 heterocycles. The monoisotopic (exact) mass is 637 g/mol. The normalized spacial score (nSPS) is 49.7. The molecular weight excluding hydrogens is 586 g/mol. The summed E-state index contributed by atoms with van der Waals surface area (Å²) in [5.74, 6) is -1.78. The van der Waals surface area contributed by atoms with Crippen LogP contribution in [0, 0.1) is 5.92 Å². The highest BCUT2D eigenvalue weighted by Gasteiger charge is 2.56. The van der Waals surface area contributed by atoms with Gasteiger partial charge in [-0.2, -0.15) is 0 Å². The summed E-state index contributed by atoms with van der Waals surface area (Å²) in [5.41, 5.74) is 28.4. The van der Waals surface area contributed by atoms with E-state index in [-0.39, 0.29) is 31.8 Å². The fourth-order valence-corrected chi connectivity index (χ4v) is 6.73. The van der Waals surface area contributed by atoms with Gasteiger partial charge >= 0.3 is 0 Å². The second-order valence-electron chi connectivity index (χ2n) is 12.7. The van der Waals surface area contributed by atoms with E-state index in [1.165, 1.54) is 0 Å². The molecule has 15 atom stereocenters. The van der Waals surface area contributed by atoms with Gasteiger partial charge in [0.25, 0.3) is 5.91 Å². The number of nitrogens with one attached hydrogen (secondary N) is 2. The molecule has 0 aromatic carbocycles. The van der Waals surface area contributed by atoms with E-state index in [9.17, 15) is 40.5 Å². The van der Waals surface area contributed by atoms with Crippen molar-refractivity contribution in [2.24, 2.45) is 34.6 Å². The van der Waals surface area contributed by atoms with Gasteiger partial charge in [-0.05, 0) is 25.9 Å². The van der Waals surface area contributed by atoms with E-state index in [1.54, 1.807) is 0 Å². The molecule has 1 amide bonds. The lowest BCUT2D eigenvalue weighted by atomic mass is 9.71. The molecule has 4 fully saturated rings. The van der Waals surface area contributed by atoms with Gasteiger partial charge in [0.15, 0.2) is 6.29 Å². The summed E-state index contributed by atoms with van der Waals surface area (Å²) in [6.45, 7) is 0.475. The Balaban J connectivity index is 1.59. The highest BCUT2D eigenvalue weighted by atomic mass is 16.7. The summed E-state index contributed by atoms with van der Waals surface area (Å²) >= 11 is 0. The lowest BCUT2D eigenvalue weighted by Crippen LogP contribution is -2.73.